The lowest BCUT2D eigenvalue weighted by atomic mass is 10.0. The third kappa shape index (κ3) is 1.70. The molecule has 0 atom stereocenters. The van der Waals surface area contributed by atoms with Gasteiger partial charge in [0.15, 0.2) is 0 Å². The van der Waals surface area contributed by atoms with Crippen LogP contribution in [-0.2, 0) is 10.1 Å². The third-order valence-corrected chi connectivity index (χ3v) is 3.84. The van der Waals surface area contributed by atoms with Crippen molar-refractivity contribution in [1.29, 1.82) is 0 Å². The highest BCUT2D eigenvalue weighted by atomic mass is 32.2. The van der Waals surface area contributed by atoms with Gasteiger partial charge < -0.3 is 0 Å². The molecule has 2 aromatic carbocycles. The second kappa shape index (κ2) is 3.57. The Bertz CT molecular complexity index is 657. The molecule has 0 bridgehead atoms. The molecule has 0 spiro atoms. The molecule has 0 fully saturated rings. The number of benzene rings is 2. The SMILES string of the molecule is Cc1cc2ccccc2c(C)c1S(=O)(=O)O. The van der Waals surface area contributed by atoms with E-state index in [0.29, 0.717) is 11.1 Å². The standard InChI is InChI=1S/C12H12O3S/c1-8-7-10-5-3-4-6-11(10)9(2)12(8)16(13,14)15/h3-7H,1-2H3,(H,13,14,15). The topological polar surface area (TPSA) is 54.4 Å². The first-order valence-corrected chi connectivity index (χ1v) is 6.31. The van der Waals surface area contributed by atoms with Crippen molar-refractivity contribution >= 4 is 20.9 Å². The van der Waals surface area contributed by atoms with Crippen LogP contribution in [0.15, 0.2) is 35.2 Å². The van der Waals surface area contributed by atoms with Crippen LogP contribution in [0.25, 0.3) is 10.8 Å². The zero-order valence-electron chi connectivity index (χ0n) is 9.06. The van der Waals surface area contributed by atoms with Crippen LogP contribution in [0.4, 0.5) is 0 Å². The number of hydrogen-bond donors (Lipinski definition) is 1. The summed E-state index contributed by atoms with van der Waals surface area (Å²) in [5.41, 5.74) is 1.16. The Hall–Kier alpha value is -1.39. The van der Waals surface area contributed by atoms with Crippen molar-refractivity contribution in [2.45, 2.75) is 18.7 Å². The zero-order valence-corrected chi connectivity index (χ0v) is 9.88. The van der Waals surface area contributed by atoms with Gasteiger partial charge in [-0.25, -0.2) is 0 Å². The monoisotopic (exact) mass is 236 g/mol. The minimum Gasteiger partial charge on any atom is -0.282 e. The average Bonchev–Trinajstić information content (AvgIpc) is 2.15. The molecule has 0 unspecified atom stereocenters. The smallest absolute Gasteiger partial charge is 0.282 e. The maximum atomic E-state index is 11.3. The predicted octanol–water partition coefficient (Wildman–Crippen LogP) is 2.70. The third-order valence-electron chi connectivity index (χ3n) is 2.69. The lowest BCUT2D eigenvalue weighted by Crippen LogP contribution is -2.04. The maximum absolute atomic E-state index is 11.3. The number of rotatable bonds is 1. The lowest BCUT2D eigenvalue weighted by molar-refractivity contribution is 0.482. The van der Waals surface area contributed by atoms with E-state index in [0.717, 1.165) is 10.8 Å². The van der Waals surface area contributed by atoms with E-state index in [9.17, 15) is 13.0 Å². The molecule has 0 saturated heterocycles. The second-order valence-electron chi connectivity index (χ2n) is 3.84. The van der Waals surface area contributed by atoms with Crippen LogP contribution in [0.1, 0.15) is 11.1 Å². The molecule has 0 saturated carbocycles. The molecule has 0 heterocycles. The van der Waals surface area contributed by atoms with Crippen LogP contribution < -0.4 is 0 Å². The summed E-state index contributed by atoms with van der Waals surface area (Å²) in [5.74, 6) is 0. The Morgan fingerprint density at radius 1 is 1.12 bits per heavy atom. The van der Waals surface area contributed by atoms with Gasteiger partial charge in [0.1, 0.15) is 4.90 Å². The molecule has 2 rings (SSSR count). The van der Waals surface area contributed by atoms with Gasteiger partial charge in [-0.2, -0.15) is 8.42 Å². The fourth-order valence-electron chi connectivity index (χ4n) is 2.08. The van der Waals surface area contributed by atoms with Crippen molar-refractivity contribution in [2.24, 2.45) is 0 Å². The molecular weight excluding hydrogens is 224 g/mol. The highest BCUT2D eigenvalue weighted by Crippen LogP contribution is 2.28. The van der Waals surface area contributed by atoms with Crippen LogP contribution >= 0.6 is 0 Å². The molecule has 2 aromatic rings. The molecule has 0 aliphatic heterocycles. The van der Waals surface area contributed by atoms with E-state index in [1.54, 1.807) is 19.9 Å². The summed E-state index contributed by atoms with van der Waals surface area (Å²) in [6, 6.07) is 9.28. The Labute approximate surface area is 94.5 Å². The van der Waals surface area contributed by atoms with Gasteiger partial charge in [-0.15, -0.1) is 0 Å². The minimum absolute atomic E-state index is 0.0196. The summed E-state index contributed by atoms with van der Waals surface area (Å²) in [6.07, 6.45) is 0. The van der Waals surface area contributed by atoms with Crippen LogP contribution in [0, 0.1) is 13.8 Å². The van der Waals surface area contributed by atoms with E-state index in [1.165, 1.54) is 0 Å². The molecule has 0 amide bonds. The van der Waals surface area contributed by atoms with Gasteiger partial charge in [-0.3, -0.25) is 4.55 Å². The molecule has 3 nitrogen and oxygen atoms in total. The number of hydrogen-bond acceptors (Lipinski definition) is 2. The van der Waals surface area contributed by atoms with Crippen molar-refractivity contribution in [2.75, 3.05) is 0 Å². The average molecular weight is 236 g/mol. The highest BCUT2D eigenvalue weighted by molar-refractivity contribution is 7.86. The van der Waals surface area contributed by atoms with Gasteiger partial charge in [0.05, 0.1) is 0 Å². The van der Waals surface area contributed by atoms with Gasteiger partial charge in [0.25, 0.3) is 10.1 Å². The highest BCUT2D eigenvalue weighted by Gasteiger charge is 2.18. The fourth-order valence-corrected chi connectivity index (χ4v) is 3.04. The second-order valence-corrected chi connectivity index (χ2v) is 5.20. The fraction of sp³-hybridized carbons (Fsp3) is 0.167. The van der Waals surface area contributed by atoms with Crippen molar-refractivity contribution in [3.05, 3.63) is 41.5 Å². The molecule has 0 aliphatic carbocycles. The lowest BCUT2D eigenvalue weighted by Gasteiger charge is -2.10. The van der Waals surface area contributed by atoms with Crippen molar-refractivity contribution in [1.82, 2.24) is 0 Å². The van der Waals surface area contributed by atoms with E-state index in [4.69, 9.17) is 0 Å². The first-order valence-electron chi connectivity index (χ1n) is 4.87. The summed E-state index contributed by atoms with van der Waals surface area (Å²) in [6.45, 7) is 3.39. The quantitative estimate of drug-likeness (QED) is 0.774. The molecule has 0 aromatic heterocycles. The molecular formula is C12H12O3S. The minimum atomic E-state index is -4.16. The zero-order chi connectivity index (χ0) is 11.9. The number of fused-ring (bicyclic) bond motifs is 1. The summed E-state index contributed by atoms with van der Waals surface area (Å²) in [5, 5.41) is 1.82. The molecule has 1 N–H and O–H groups in total. The van der Waals surface area contributed by atoms with E-state index in [2.05, 4.69) is 0 Å². The van der Waals surface area contributed by atoms with Gasteiger partial charge >= 0.3 is 0 Å². The largest absolute Gasteiger partial charge is 0.295 e. The van der Waals surface area contributed by atoms with Crippen LogP contribution in [0.5, 0.6) is 0 Å². The Morgan fingerprint density at radius 2 is 1.75 bits per heavy atom. The number of aryl methyl sites for hydroxylation is 2. The van der Waals surface area contributed by atoms with E-state index >= 15 is 0 Å². The molecule has 84 valence electrons. The first kappa shape index (κ1) is 11.1. The van der Waals surface area contributed by atoms with E-state index < -0.39 is 10.1 Å². The van der Waals surface area contributed by atoms with Crippen molar-refractivity contribution in [3.8, 4) is 0 Å². The van der Waals surface area contributed by atoms with Gasteiger partial charge in [0, 0.05) is 0 Å². The van der Waals surface area contributed by atoms with Gasteiger partial charge in [-0.1, -0.05) is 30.3 Å². The van der Waals surface area contributed by atoms with Gasteiger partial charge in [0.2, 0.25) is 0 Å². The Morgan fingerprint density at radius 3 is 2.38 bits per heavy atom. The van der Waals surface area contributed by atoms with Crippen LogP contribution in [-0.4, -0.2) is 13.0 Å². The summed E-state index contributed by atoms with van der Waals surface area (Å²) in [4.78, 5) is 0.0196. The maximum Gasteiger partial charge on any atom is 0.295 e. The molecule has 16 heavy (non-hydrogen) atoms. The van der Waals surface area contributed by atoms with E-state index in [-0.39, 0.29) is 4.90 Å². The van der Waals surface area contributed by atoms with Crippen molar-refractivity contribution in [3.63, 3.8) is 0 Å². The summed E-state index contributed by atoms with van der Waals surface area (Å²) in [7, 11) is -4.16. The molecule has 0 aliphatic rings. The summed E-state index contributed by atoms with van der Waals surface area (Å²) < 4.78 is 31.7. The van der Waals surface area contributed by atoms with Crippen LogP contribution in [0.3, 0.4) is 0 Å². The molecule has 4 heteroatoms. The normalized spacial score (nSPS) is 11.9. The Kier molecular flexibility index (Phi) is 2.48. The molecule has 0 radical (unpaired) electrons. The first-order chi connectivity index (χ1) is 7.41. The van der Waals surface area contributed by atoms with E-state index in [1.807, 2.05) is 24.3 Å². The van der Waals surface area contributed by atoms with Crippen molar-refractivity contribution < 1.29 is 13.0 Å². The summed E-state index contributed by atoms with van der Waals surface area (Å²) >= 11 is 0. The van der Waals surface area contributed by atoms with Crippen LogP contribution in [0.2, 0.25) is 0 Å². The predicted molar refractivity (Wildman–Crippen MR) is 63.2 cm³/mol. The Balaban J connectivity index is 2.98. The van der Waals surface area contributed by atoms with Gasteiger partial charge in [-0.05, 0) is 35.7 Å².